The van der Waals surface area contributed by atoms with E-state index >= 15 is 0 Å². The Morgan fingerprint density at radius 3 is 2.64 bits per heavy atom. The fraction of sp³-hybridized carbons (Fsp3) is 0.500. The molecule has 0 aliphatic rings. The molecule has 0 aliphatic heterocycles. The third-order valence-electron chi connectivity index (χ3n) is 1.46. The Labute approximate surface area is 71.6 Å². The van der Waals surface area contributed by atoms with E-state index in [1.165, 1.54) is 6.33 Å². The molecule has 0 bridgehead atoms. The SMILES string of the molecule is CC(CCl)Cc1cncnc1. The summed E-state index contributed by atoms with van der Waals surface area (Å²) in [7, 11) is 0. The molecule has 0 N–H and O–H groups in total. The van der Waals surface area contributed by atoms with Crippen molar-refractivity contribution in [1.29, 1.82) is 0 Å². The van der Waals surface area contributed by atoms with E-state index in [-0.39, 0.29) is 0 Å². The smallest absolute Gasteiger partial charge is 0.115 e. The average Bonchev–Trinajstić information content (AvgIpc) is 2.06. The van der Waals surface area contributed by atoms with Crippen molar-refractivity contribution in [2.45, 2.75) is 13.3 Å². The van der Waals surface area contributed by atoms with Crippen molar-refractivity contribution in [3.63, 3.8) is 0 Å². The van der Waals surface area contributed by atoms with E-state index < -0.39 is 0 Å². The highest BCUT2D eigenvalue weighted by molar-refractivity contribution is 6.18. The Balaban J connectivity index is 2.51. The fourth-order valence-corrected chi connectivity index (χ4v) is 1.00. The van der Waals surface area contributed by atoms with Crippen molar-refractivity contribution in [2.24, 2.45) is 5.92 Å². The first-order valence-electron chi connectivity index (χ1n) is 3.62. The Morgan fingerprint density at radius 2 is 2.09 bits per heavy atom. The van der Waals surface area contributed by atoms with Crippen molar-refractivity contribution >= 4 is 11.6 Å². The van der Waals surface area contributed by atoms with Gasteiger partial charge in [-0.05, 0) is 17.9 Å². The lowest BCUT2D eigenvalue weighted by Crippen LogP contribution is -2.01. The van der Waals surface area contributed by atoms with Gasteiger partial charge in [-0.2, -0.15) is 0 Å². The largest absolute Gasteiger partial charge is 0.245 e. The van der Waals surface area contributed by atoms with Crippen LogP contribution in [0.25, 0.3) is 0 Å². The molecule has 0 aromatic carbocycles. The van der Waals surface area contributed by atoms with Crippen molar-refractivity contribution in [3.05, 3.63) is 24.3 Å². The first-order valence-corrected chi connectivity index (χ1v) is 4.16. The molecule has 0 fully saturated rings. The minimum Gasteiger partial charge on any atom is -0.245 e. The maximum atomic E-state index is 5.66. The van der Waals surface area contributed by atoms with Crippen LogP contribution in [0, 0.1) is 5.92 Å². The number of rotatable bonds is 3. The van der Waals surface area contributed by atoms with Gasteiger partial charge in [-0.15, -0.1) is 11.6 Å². The minimum atomic E-state index is 0.502. The van der Waals surface area contributed by atoms with Crippen molar-refractivity contribution in [1.82, 2.24) is 9.97 Å². The molecule has 0 saturated heterocycles. The summed E-state index contributed by atoms with van der Waals surface area (Å²) in [4.78, 5) is 7.84. The Morgan fingerprint density at radius 1 is 1.45 bits per heavy atom. The van der Waals surface area contributed by atoms with Crippen molar-refractivity contribution in [3.8, 4) is 0 Å². The van der Waals surface area contributed by atoms with Gasteiger partial charge in [0, 0.05) is 18.3 Å². The summed E-state index contributed by atoms with van der Waals surface area (Å²) < 4.78 is 0. The standard InChI is InChI=1S/C8H11ClN2/c1-7(3-9)2-8-4-10-6-11-5-8/h4-7H,2-3H2,1H3. The molecule has 0 spiro atoms. The van der Waals surface area contributed by atoms with Gasteiger partial charge in [0.1, 0.15) is 6.33 Å². The molecule has 0 amide bonds. The van der Waals surface area contributed by atoms with Crippen molar-refractivity contribution in [2.75, 3.05) is 5.88 Å². The molecule has 2 nitrogen and oxygen atoms in total. The molecule has 0 radical (unpaired) electrons. The molecular weight excluding hydrogens is 160 g/mol. The van der Waals surface area contributed by atoms with Gasteiger partial charge >= 0.3 is 0 Å². The minimum absolute atomic E-state index is 0.502. The molecule has 0 saturated carbocycles. The molecule has 1 unspecified atom stereocenters. The average molecular weight is 171 g/mol. The summed E-state index contributed by atoms with van der Waals surface area (Å²) >= 11 is 5.66. The maximum absolute atomic E-state index is 5.66. The number of hydrogen-bond donors (Lipinski definition) is 0. The number of aromatic nitrogens is 2. The molecule has 1 rings (SSSR count). The van der Waals surface area contributed by atoms with Crippen LogP contribution in [-0.2, 0) is 6.42 Å². The van der Waals surface area contributed by atoms with E-state index in [9.17, 15) is 0 Å². The lowest BCUT2D eigenvalue weighted by molar-refractivity contribution is 0.650. The lowest BCUT2D eigenvalue weighted by Gasteiger charge is -2.04. The second kappa shape index (κ2) is 4.29. The van der Waals surface area contributed by atoms with Crippen LogP contribution in [-0.4, -0.2) is 15.8 Å². The van der Waals surface area contributed by atoms with Gasteiger partial charge in [-0.25, -0.2) is 9.97 Å². The summed E-state index contributed by atoms with van der Waals surface area (Å²) in [6.45, 7) is 2.11. The summed E-state index contributed by atoms with van der Waals surface area (Å²) in [5.41, 5.74) is 1.15. The number of alkyl halides is 1. The predicted octanol–water partition coefficient (Wildman–Crippen LogP) is 1.89. The molecule has 3 heteroatoms. The first-order chi connectivity index (χ1) is 5.33. The maximum Gasteiger partial charge on any atom is 0.115 e. The van der Waals surface area contributed by atoms with Gasteiger partial charge in [0.15, 0.2) is 0 Å². The van der Waals surface area contributed by atoms with Crippen LogP contribution in [0.15, 0.2) is 18.7 Å². The zero-order chi connectivity index (χ0) is 8.10. The van der Waals surface area contributed by atoms with Gasteiger partial charge in [0.05, 0.1) is 0 Å². The highest BCUT2D eigenvalue weighted by Crippen LogP contribution is 2.06. The first kappa shape index (κ1) is 8.47. The fourth-order valence-electron chi connectivity index (χ4n) is 0.892. The van der Waals surface area contributed by atoms with Gasteiger partial charge in [-0.3, -0.25) is 0 Å². The van der Waals surface area contributed by atoms with E-state index in [0.717, 1.165) is 12.0 Å². The van der Waals surface area contributed by atoms with Crippen LogP contribution in [0.3, 0.4) is 0 Å². The zero-order valence-corrected chi connectivity index (χ0v) is 7.25. The summed E-state index contributed by atoms with van der Waals surface area (Å²) in [5.74, 6) is 1.19. The van der Waals surface area contributed by atoms with Crippen LogP contribution in [0.4, 0.5) is 0 Å². The molecule has 0 aliphatic carbocycles. The van der Waals surface area contributed by atoms with Gasteiger partial charge < -0.3 is 0 Å². The van der Waals surface area contributed by atoms with E-state index in [1.54, 1.807) is 0 Å². The van der Waals surface area contributed by atoms with Crippen molar-refractivity contribution < 1.29 is 0 Å². The van der Waals surface area contributed by atoms with E-state index in [2.05, 4.69) is 16.9 Å². The van der Waals surface area contributed by atoms with Crippen LogP contribution in [0.1, 0.15) is 12.5 Å². The molecule has 1 aromatic heterocycles. The molecule has 1 heterocycles. The summed E-state index contributed by atoms with van der Waals surface area (Å²) in [6, 6.07) is 0. The number of halogens is 1. The van der Waals surface area contributed by atoms with E-state index in [1.807, 2.05) is 12.4 Å². The highest BCUT2D eigenvalue weighted by atomic mass is 35.5. The Hall–Kier alpha value is -0.630. The van der Waals surface area contributed by atoms with Gasteiger partial charge in [0.25, 0.3) is 0 Å². The number of hydrogen-bond acceptors (Lipinski definition) is 2. The summed E-state index contributed by atoms with van der Waals surface area (Å²) in [6.07, 6.45) is 6.16. The van der Waals surface area contributed by atoms with E-state index in [0.29, 0.717) is 11.8 Å². The Bertz CT molecular complexity index is 201. The highest BCUT2D eigenvalue weighted by Gasteiger charge is 2.00. The Kier molecular flexibility index (Phi) is 3.30. The molecule has 11 heavy (non-hydrogen) atoms. The zero-order valence-electron chi connectivity index (χ0n) is 6.50. The number of nitrogens with zero attached hydrogens (tertiary/aromatic N) is 2. The third kappa shape index (κ3) is 2.85. The second-order valence-corrected chi connectivity index (χ2v) is 3.02. The van der Waals surface area contributed by atoms with Gasteiger partial charge in [0.2, 0.25) is 0 Å². The quantitative estimate of drug-likeness (QED) is 0.648. The normalized spacial score (nSPS) is 12.9. The van der Waals surface area contributed by atoms with Crippen LogP contribution in [0.2, 0.25) is 0 Å². The van der Waals surface area contributed by atoms with Crippen LogP contribution < -0.4 is 0 Å². The second-order valence-electron chi connectivity index (χ2n) is 2.71. The topological polar surface area (TPSA) is 25.8 Å². The molecular formula is C8H11ClN2. The molecule has 1 aromatic rings. The van der Waals surface area contributed by atoms with Gasteiger partial charge in [-0.1, -0.05) is 6.92 Å². The van der Waals surface area contributed by atoms with E-state index in [4.69, 9.17) is 11.6 Å². The third-order valence-corrected chi connectivity index (χ3v) is 1.99. The predicted molar refractivity (Wildman–Crippen MR) is 45.6 cm³/mol. The molecule has 60 valence electrons. The van der Waals surface area contributed by atoms with Crippen LogP contribution >= 0.6 is 11.6 Å². The lowest BCUT2D eigenvalue weighted by atomic mass is 10.1. The summed E-state index contributed by atoms with van der Waals surface area (Å²) in [5, 5.41) is 0. The monoisotopic (exact) mass is 170 g/mol. The molecule has 1 atom stereocenters. The van der Waals surface area contributed by atoms with Crippen LogP contribution in [0.5, 0.6) is 0 Å².